The van der Waals surface area contributed by atoms with E-state index >= 15 is 0 Å². The summed E-state index contributed by atoms with van der Waals surface area (Å²) in [7, 11) is 0. The van der Waals surface area contributed by atoms with Crippen molar-refractivity contribution in [1.82, 2.24) is 10.9 Å². The van der Waals surface area contributed by atoms with Gasteiger partial charge in [-0.2, -0.15) is 0 Å². The number of aryl methyl sites for hydroxylation is 1. The van der Waals surface area contributed by atoms with E-state index in [1.165, 1.54) is 5.56 Å². The van der Waals surface area contributed by atoms with E-state index in [-0.39, 0.29) is 19.1 Å². The van der Waals surface area contributed by atoms with E-state index in [2.05, 4.69) is 23.0 Å². The molecule has 0 radical (unpaired) electrons. The second-order valence-electron chi connectivity index (χ2n) is 9.17. The lowest BCUT2D eigenvalue weighted by Gasteiger charge is -2.22. The number of carbonyl (C=O) groups excluding carboxylic acids is 1. The van der Waals surface area contributed by atoms with Crippen molar-refractivity contribution in [2.75, 3.05) is 26.4 Å². The molecule has 0 saturated heterocycles. The third-order valence-corrected chi connectivity index (χ3v) is 6.24. The summed E-state index contributed by atoms with van der Waals surface area (Å²) < 4.78 is 11.6. The van der Waals surface area contributed by atoms with Crippen molar-refractivity contribution in [1.29, 1.82) is 0 Å². The lowest BCUT2D eigenvalue weighted by atomic mass is 9.95. The second kappa shape index (κ2) is 14.1. The highest BCUT2D eigenvalue weighted by Gasteiger charge is 2.43. The maximum atomic E-state index is 13.4. The summed E-state index contributed by atoms with van der Waals surface area (Å²) in [5.41, 5.74) is 7.95. The van der Waals surface area contributed by atoms with Gasteiger partial charge < -0.3 is 14.6 Å². The van der Waals surface area contributed by atoms with Gasteiger partial charge in [-0.15, -0.1) is 0 Å². The Balaban J connectivity index is 1.41. The number of hydrogen-bond acceptors (Lipinski definition) is 6. The largest absolute Gasteiger partial charge is 0.494 e. The molecule has 4 rings (SSSR count). The molecule has 0 unspecified atom stereocenters. The average molecular weight is 514 g/mol. The molecule has 198 valence electrons. The van der Waals surface area contributed by atoms with Crippen LogP contribution < -0.4 is 15.6 Å². The Labute approximate surface area is 224 Å². The van der Waals surface area contributed by atoms with Crippen LogP contribution in [-0.4, -0.2) is 48.8 Å². The van der Waals surface area contributed by atoms with Gasteiger partial charge in [-0.25, -0.2) is 10.4 Å². The molecule has 1 aliphatic rings. The molecule has 0 bridgehead atoms. The number of amides is 1. The van der Waals surface area contributed by atoms with Crippen LogP contribution in [-0.2, 0) is 16.0 Å². The predicted molar refractivity (Wildman–Crippen MR) is 150 cm³/mol. The molecule has 3 N–H and O–H groups in total. The summed E-state index contributed by atoms with van der Waals surface area (Å²) in [4.78, 5) is 18.2. The van der Waals surface area contributed by atoms with Crippen LogP contribution in [0.15, 0.2) is 96.0 Å². The normalized spacial score (nSPS) is 16.7. The van der Waals surface area contributed by atoms with Crippen LogP contribution in [0.5, 0.6) is 5.75 Å². The standard InChI is InChI=1S/C31H35N3O4/c35-22-9-23-37-28-18-16-27(17-19-28)29-33-31(24-38-29,20-7-14-25-10-3-1-4-11-25)30(36)34-32-21-8-15-26-12-5-2-6-13-26/h1-7,10-14,16-19,32,35H,8-9,15,20-24H2,(H,34,36)/b14-7+/t31-/m0/s1. The Morgan fingerprint density at radius 1 is 1.00 bits per heavy atom. The van der Waals surface area contributed by atoms with Gasteiger partial charge in [-0.05, 0) is 48.2 Å². The maximum Gasteiger partial charge on any atom is 0.266 e. The van der Waals surface area contributed by atoms with E-state index in [0.29, 0.717) is 37.6 Å². The Morgan fingerprint density at radius 3 is 2.47 bits per heavy atom. The first-order valence-corrected chi connectivity index (χ1v) is 13.0. The summed E-state index contributed by atoms with van der Waals surface area (Å²) in [6, 6.07) is 27.6. The molecule has 0 saturated carbocycles. The lowest BCUT2D eigenvalue weighted by molar-refractivity contribution is -0.127. The maximum absolute atomic E-state index is 13.4. The van der Waals surface area contributed by atoms with Crippen molar-refractivity contribution in [2.45, 2.75) is 31.2 Å². The molecular formula is C31H35N3O4. The molecule has 1 aliphatic heterocycles. The molecule has 38 heavy (non-hydrogen) atoms. The minimum Gasteiger partial charge on any atom is -0.494 e. The number of benzene rings is 3. The summed E-state index contributed by atoms with van der Waals surface area (Å²) in [6.45, 7) is 1.33. The molecular weight excluding hydrogens is 478 g/mol. The number of aliphatic imine (C=N–C) groups is 1. The lowest BCUT2D eigenvalue weighted by Crippen LogP contribution is -2.51. The predicted octanol–water partition coefficient (Wildman–Crippen LogP) is 4.32. The number of hydrogen-bond donors (Lipinski definition) is 3. The SMILES string of the molecule is O=C(NNCCCc1ccccc1)[C@]1(C/C=C/c2ccccc2)COC(c2ccc(OCCCO)cc2)=N1. The molecule has 3 aromatic rings. The highest BCUT2D eigenvalue weighted by molar-refractivity contribution is 6.00. The minimum atomic E-state index is -1.08. The number of hydrazine groups is 1. The highest BCUT2D eigenvalue weighted by Crippen LogP contribution is 2.27. The van der Waals surface area contributed by atoms with Gasteiger partial charge in [-0.1, -0.05) is 72.8 Å². The van der Waals surface area contributed by atoms with Gasteiger partial charge in [-0.3, -0.25) is 10.2 Å². The van der Waals surface area contributed by atoms with E-state index in [1.807, 2.05) is 84.9 Å². The van der Waals surface area contributed by atoms with E-state index in [0.717, 1.165) is 24.0 Å². The Morgan fingerprint density at radius 2 is 1.74 bits per heavy atom. The topological polar surface area (TPSA) is 92.2 Å². The third-order valence-electron chi connectivity index (χ3n) is 6.24. The van der Waals surface area contributed by atoms with Crippen molar-refractivity contribution in [2.24, 2.45) is 4.99 Å². The zero-order valence-electron chi connectivity index (χ0n) is 21.5. The number of nitrogens with zero attached hydrogens (tertiary/aromatic N) is 1. The molecule has 1 amide bonds. The first kappa shape index (κ1) is 27.1. The summed E-state index contributed by atoms with van der Waals surface area (Å²) >= 11 is 0. The Bertz CT molecular complexity index is 1200. The number of rotatable bonds is 14. The molecule has 1 heterocycles. The number of nitrogens with one attached hydrogen (secondary N) is 2. The van der Waals surface area contributed by atoms with E-state index in [1.54, 1.807) is 0 Å². The van der Waals surface area contributed by atoms with Gasteiger partial charge in [0, 0.05) is 31.6 Å². The van der Waals surface area contributed by atoms with Gasteiger partial charge in [0.15, 0.2) is 5.54 Å². The van der Waals surface area contributed by atoms with E-state index < -0.39 is 5.54 Å². The highest BCUT2D eigenvalue weighted by atomic mass is 16.5. The van der Waals surface area contributed by atoms with Crippen LogP contribution in [0.1, 0.15) is 36.0 Å². The number of aliphatic hydroxyl groups excluding tert-OH is 1. The van der Waals surface area contributed by atoms with Gasteiger partial charge >= 0.3 is 0 Å². The van der Waals surface area contributed by atoms with Crippen molar-refractivity contribution in [3.8, 4) is 5.75 Å². The van der Waals surface area contributed by atoms with Crippen LogP contribution in [0.25, 0.3) is 6.08 Å². The second-order valence-corrected chi connectivity index (χ2v) is 9.17. The minimum absolute atomic E-state index is 0.0908. The quantitative estimate of drug-likeness (QED) is 0.221. The van der Waals surface area contributed by atoms with Gasteiger partial charge in [0.05, 0.1) is 6.61 Å². The van der Waals surface area contributed by atoms with Crippen molar-refractivity contribution in [3.63, 3.8) is 0 Å². The van der Waals surface area contributed by atoms with Crippen LogP contribution in [0.2, 0.25) is 0 Å². The fourth-order valence-electron chi connectivity index (χ4n) is 4.10. The van der Waals surface area contributed by atoms with E-state index in [4.69, 9.17) is 19.6 Å². The summed E-state index contributed by atoms with van der Waals surface area (Å²) in [6.07, 6.45) is 6.76. The number of ether oxygens (including phenoxy) is 2. The molecule has 7 heteroatoms. The van der Waals surface area contributed by atoms with Gasteiger partial charge in [0.1, 0.15) is 12.4 Å². The fraction of sp³-hybridized carbons (Fsp3) is 0.290. The van der Waals surface area contributed by atoms with Crippen molar-refractivity contribution < 1.29 is 19.4 Å². The molecule has 3 aromatic carbocycles. The first-order chi connectivity index (χ1) is 18.7. The van der Waals surface area contributed by atoms with Crippen LogP contribution in [0.3, 0.4) is 0 Å². The monoisotopic (exact) mass is 513 g/mol. The van der Waals surface area contributed by atoms with E-state index in [9.17, 15) is 4.79 Å². The molecule has 1 atom stereocenters. The van der Waals surface area contributed by atoms with Crippen molar-refractivity contribution in [3.05, 3.63) is 108 Å². The molecule has 0 aromatic heterocycles. The molecule has 0 spiro atoms. The molecule has 7 nitrogen and oxygen atoms in total. The van der Waals surface area contributed by atoms with Crippen LogP contribution >= 0.6 is 0 Å². The fourth-order valence-corrected chi connectivity index (χ4v) is 4.10. The summed E-state index contributed by atoms with van der Waals surface area (Å²) in [5, 5.41) is 8.93. The summed E-state index contributed by atoms with van der Waals surface area (Å²) in [5.74, 6) is 0.906. The van der Waals surface area contributed by atoms with Crippen LogP contribution in [0, 0.1) is 0 Å². The Hall–Kier alpha value is -3.94. The van der Waals surface area contributed by atoms with Gasteiger partial charge in [0.2, 0.25) is 5.90 Å². The third kappa shape index (κ3) is 7.78. The molecule has 0 fully saturated rings. The smallest absolute Gasteiger partial charge is 0.266 e. The average Bonchev–Trinajstić information content (AvgIpc) is 3.40. The number of aliphatic hydroxyl groups is 1. The zero-order chi connectivity index (χ0) is 26.5. The first-order valence-electron chi connectivity index (χ1n) is 13.0. The Kier molecular flexibility index (Phi) is 10.1. The molecule has 0 aliphatic carbocycles. The number of carbonyl (C=O) groups is 1. The van der Waals surface area contributed by atoms with Gasteiger partial charge in [0.25, 0.3) is 5.91 Å². The van der Waals surface area contributed by atoms with Crippen molar-refractivity contribution >= 4 is 17.9 Å². The van der Waals surface area contributed by atoms with Crippen LogP contribution in [0.4, 0.5) is 0 Å². The zero-order valence-corrected chi connectivity index (χ0v) is 21.5.